The Hall–Kier alpha value is -2.76. The van der Waals surface area contributed by atoms with Crippen molar-refractivity contribution in [2.24, 2.45) is 10.2 Å². The molecule has 0 saturated carbocycles. The molecule has 0 aliphatic carbocycles. The Morgan fingerprint density at radius 3 is 2.67 bits per heavy atom. The Balaban J connectivity index is 1.49. The minimum absolute atomic E-state index is 0.0437. The minimum atomic E-state index is -2.64. The molecule has 194 valence electrons. The van der Waals surface area contributed by atoms with Gasteiger partial charge in [0, 0.05) is 18.6 Å². The zero-order chi connectivity index (χ0) is 25.5. The molecule has 3 heterocycles. The SMILES string of the molecule is C=N/N=C(\OCC(F)F)c1ccc(CN(c2cccc(C)c2)S(=O)C2CCN(C3COC3)CC2)nc1. The maximum absolute atomic E-state index is 13.8. The maximum Gasteiger partial charge on any atom is 0.272 e. The molecule has 2 saturated heterocycles. The van der Waals surface area contributed by atoms with Crippen LogP contribution < -0.4 is 4.31 Å². The molecule has 0 amide bonds. The second-order valence-corrected chi connectivity index (χ2v) is 10.5. The van der Waals surface area contributed by atoms with E-state index in [2.05, 4.69) is 26.8 Å². The van der Waals surface area contributed by atoms with Crippen LogP contribution in [0, 0.1) is 6.92 Å². The summed E-state index contributed by atoms with van der Waals surface area (Å²) < 4.78 is 51.2. The molecule has 0 radical (unpaired) electrons. The van der Waals surface area contributed by atoms with Crippen LogP contribution in [0.3, 0.4) is 0 Å². The van der Waals surface area contributed by atoms with Gasteiger partial charge in [0.25, 0.3) is 6.43 Å². The Morgan fingerprint density at radius 1 is 1.31 bits per heavy atom. The van der Waals surface area contributed by atoms with Crippen molar-refractivity contribution >= 4 is 29.3 Å². The quantitative estimate of drug-likeness (QED) is 0.272. The molecule has 11 heteroatoms. The summed E-state index contributed by atoms with van der Waals surface area (Å²) >= 11 is 0. The summed E-state index contributed by atoms with van der Waals surface area (Å²) in [5.74, 6) is -0.0768. The van der Waals surface area contributed by atoms with Crippen LogP contribution in [-0.4, -0.2) is 77.3 Å². The molecule has 0 spiro atoms. The van der Waals surface area contributed by atoms with Crippen molar-refractivity contribution in [1.29, 1.82) is 0 Å². The van der Waals surface area contributed by atoms with Gasteiger partial charge in [0.15, 0.2) is 6.61 Å². The average molecular weight is 520 g/mol. The first-order valence-corrected chi connectivity index (χ1v) is 13.1. The number of pyridine rings is 1. The molecule has 2 aliphatic rings. The molecule has 0 N–H and O–H groups in total. The van der Waals surface area contributed by atoms with Crippen molar-refractivity contribution in [2.75, 3.05) is 37.2 Å². The van der Waals surface area contributed by atoms with Gasteiger partial charge in [0.05, 0.1) is 42.3 Å². The first-order chi connectivity index (χ1) is 17.4. The fraction of sp³-hybridized carbons (Fsp3) is 0.480. The lowest BCUT2D eigenvalue weighted by Gasteiger charge is -2.41. The highest BCUT2D eigenvalue weighted by Gasteiger charge is 2.33. The van der Waals surface area contributed by atoms with Gasteiger partial charge >= 0.3 is 0 Å². The van der Waals surface area contributed by atoms with Gasteiger partial charge in [0.2, 0.25) is 5.90 Å². The second kappa shape index (κ2) is 12.5. The van der Waals surface area contributed by atoms with Crippen molar-refractivity contribution in [3.05, 3.63) is 59.4 Å². The van der Waals surface area contributed by atoms with E-state index in [1.165, 1.54) is 6.20 Å². The number of piperidine rings is 1. The minimum Gasteiger partial charge on any atom is -0.470 e. The highest BCUT2D eigenvalue weighted by molar-refractivity contribution is 7.87. The fourth-order valence-electron chi connectivity index (χ4n) is 4.27. The van der Waals surface area contributed by atoms with Crippen molar-refractivity contribution in [2.45, 2.75) is 44.0 Å². The van der Waals surface area contributed by atoms with Gasteiger partial charge in [-0.25, -0.2) is 13.0 Å². The van der Waals surface area contributed by atoms with Crippen molar-refractivity contribution in [3.63, 3.8) is 0 Å². The van der Waals surface area contributed by atoms with Crippen LogP contribution >= 0.6 is 0 Å². The Bertz CT molecular complexity index is 1070. The highest BCUT2D eigenvalue weighted by atomic mass is 32.2. The standard InChI is InChI=1S/C25H31F2N5O3S/c1-18-4-3-5-21(12-18)32(36(33)23-8-10-31(11-9-23)22-15-34-16-22)14-20-7-6-19(13-29-20)25(30-28-2)35-17-24(26)27/h3-7,12-13,22-24H,2,8-11,14-17H2,1H3/b30-25-. The van der Waals surface area contributed by atoms with Crippen LogP contribution in [0.5, 0.6) is 0 Å². The summed E-state index contributed by atoms with van der Waals surface area (Å²) in [5.41, 5.74) is 3.03. The first-order valence-electron chi connectivity index (χ1n) is 11.9. The van der Waals surface area contributed by atoms with Crippen LogP contribution in [0.1, 0.15) is 29.7 Å². The monoisotopic (exact) mass is 519 g/mol. The average Bonchev–Trinajstić information content (AvgIpc) is 2.84. The number of alkyl halides is 2. The molecule has 1 aromatic carbocycles. The predicted molar refractivity (Wildman–Crippen MR) is 137 cm³/mol. The molecule has 2 aliphatic heterocycles. The third-order valence-corrected chi connectivity index (χ3v) is 8.11. The van der Waals surface area contributed by atoms with E-state index >= 15 is 0 Å². The van der Waals surface area contributed by atoms with E-state index in [9.17, 15) is 13.0 Å². The van der Waals surface area contributed by atoms with Gasteiger partial charge in [-0.3, -0.25) is 14.2 Å². The van der Waals surface area contributed by atoms with Crippen LogP contribution in [0.4, 0.5) is 14.5 Å². The van der Waals surface area contributed by atoms with Gasteiger partial charge in [-0.15, -0.1) is 5.10 Å². The molecule has 2 fully saturated rings. The summed E-state index contributed by atoms with van der Waals surface area (Å²) in [6, 6.07) is 11.8. The third-order valence-electron chi connectivity index (χ3n) is 6.29. The lowest BCUT2D eigenvalue weighted by atomic mass is 10.1. The Labute approximate surface area is 212 Å². The van der Waals surface area contributed by atoms with E-state index < -0.39 is 24.0 Å². The summed E-state index contributed by atoms with van der Waals surface area (Å²) in [6.45, 7) is 8.19. The topological polar surface area (TPSA) is 79.6 Å². The Morgan fingerprint density at radius 2 is 2.08 bits per heavy atom. The number of rotatable bonds is 10. The normalized spacial score (nSPS) is 18.6. The van der Waals surface area contributed by atoms with E-state index in [0.717, 1.165) is 50.4 Å². The van der Waals surface area contributed by atoms with Crippen LogP contribution in [-0.2, 0) is 27.0 Å². The Kier molecular flexibility index (Phi) is 9.11. The molecule has 1 aromatic heterocycles. The van der Waals surface area contributed by atoms with E-state index in [1.54, 1.807) is 12.1 Å². The summed E-state index contributed by atoms with van der Waals surface area (Å²) in [7, 11) is -1.26. The first kappa shape index (κ1) is 26.3. The molecule has 1 unspecified atom stereocenters. The molecular formula is C25H31F2N5O3S. The van der Waals surface area contributed by atoms with Crippen molar-refractivity contribution in [3.8, 4) is 0 Å². The highest BCUT2D eigenvalue weighted by Crippen LogP contribution is 2.27. The van der Waals surface area contributed by atoms with Crippen LogP contribution in [0.15, 0.2) is 52.8 Å². The fourth-order valence-corrected chi connectivity index (χ4v) is 5.82. The molecule has 4 rings (SSSR count). The number of nitrogens with zero attached hydrogens (tertiary/aromatic N) is 5. The number of hydrogen-bond donors (Lipinski definition) is 0. The zero-order valence-corrected chi connectivity index (χ0v) is 21.1. The molecule has 2 aromatic rings. The van der Waals surface area contributed by atoms with Gasteiger partial charge in [0.1, 0.15) is 11.0 Å². The predicted octanol–water partition coefficient (Wildman–Crippen LogP) is 3.57. The number of likely N-dealkylation sites (tertiary alicyclic amines) is 1. The summed E-state index contributed by atoms with van der Waals surface area (Å²) in [4.78, 5) is 6.90. The molecular weight excluding hydrogens is 488 g/mol. The van der Waals surface area contributed by atoms with Gasteiger partial charge in [-0.05, 0) is 62.7 Å². The van der Waals surface area contributed by atoms with E-state index in [-0.39, 0.29) is 11.1 Å². The zero-order valence-electron chi connectivity index (χ0n) is 20.3. The maximum atomic E-state index is 13.8. The van der Waals surface area contributed by atoms with Gasteiger partial charge in [-0.2, -0.15) is 5.10 Å². The summed E-state index contributed by atoms with van der Waals surface area (Å²) in [5, 5.41) is 7.13. The second-order valence-electron chi connectivity index (χ2n) is 8.87. The van der Waals surface area contributed by atoms with Crippen LogP contribution in [0.2, 0.25) is 0 Å². The molecule has 1 atom stereocenters. The lowest BCUT2D eigenvalue weighted by Crippen LogP contribution is -2.53. The number of aromatic nitrogens is 1. The van der Waals surface area contributed by atoms with E-state index in [0.29, 0.717) is 23.8 Å². The van der Waals surface area contributed by atoms with Gasteiger partial charge < -0.3 is 9.47 Å². The number of aryl methyl sites for hydroxylation is 1. The number of ether oxygens (including phenoxy) is 2. The lowest BCUT2D eigenvalue weighted by molar-refractivity contribution is -0.0694. The van der Waals surface area contributed by atoms with E-state index in [4.69, 9.17) is 9.47 Å². The largest absolute Gasteiger partial charge is 0.470 e. The van der Waals surface area contributed by atoms with Crippen molar-refractivity contribution in [1.82, 2.24) is 9.88 Å². The molecule has 36 heavy (non-hydrogen) atoms. The summed E-state index contributed by atoms with van der Waals surface area (Å²) in [6.07, 6.45) is 0.557. The smallest absolute Gasteiger partial charge is 0.272 e. The van der Waals surface area contributed by atoms with Gasteiger partial charge in [-0.1, -0.05) is 12.1 Å². The molecule has 8 nitrogen and oxygen atoms in total. The molecule has 0 bridgehead atoms. The number of halogens is 2. The third kappa shape index (κ3) is 6.71. The number of anilines is 1. The number of benzene rings is 1. The van der Waals surface area contributed by atoms with Crippen LogP contribution in [0.25, 0.3) is 0 Å². The van der Waals surface area contributed by atoms with E-state index in [1.807, 2.05) is 35.5 Å². The number of hydrogen-bond acceptors (Lipinski definition) is 7. The van der Waals surface area contributed by atoms with Crippen molar-refractivity contribution < 1.29 is 22.5 Å².